The summed E-state index contributed by atoms with van der Waals surface area (Å²) in [6.45, 7) is 4.36. The fourth-order valence-electron chi connectivity index (χ4n) is 2.34. The molecule has 0 saturated carbocycles. The van der Waals surface area contributed by atoms with Crippen LogP contribution in [0.25, 0.3) is 0 Å². The van der Waals surface area contributed by atoms with Crippen LogP contribution >= 0.6 is 23.2 Å². The van der Waals surface area contributed by atoms with Gasteiger partial charge in [-0.1, -0.05) is 49.9 Å². The lowest BCUT2D eigenvalue weighted by atomic mass is 10.3. The molecule has 2 aromatic carbocycles. The molecule has 2 aromatic heterocycles. The summed E-state index contributed by atoms with van der Waals surface area (Å²) in [7, 11) is 0. The van der Waals surface area contributed by atoms with Gasteiger partial charge in [0.2, 0.25) is 0 Å². The van der Waals surface area contributed by atoms with Crippen molar-refractivity contribution >= 4 is 46.0 Å². The van der Waals surface area contributed by atoms with Gasteiger partial charge < -0.3 is 44.6 Å². The lowest BCUT2D eigenvalue weighted by molar-refractivity contribution is -0.378. The highest BCUT2D eigenvalue weighted by Crippen LogP contribution is 2.18. The summed E-state index contributed by atoms with van der Waals surface area (Å²) < 4.78 is 0. The van der Waals surface area contributed by atoms with E-state index in [1.165, 1.54) is 12.8 Å². The van der Waals surface area contributed by atoms with Gasteiger partial charge in [0.25, 0.3) is 0 Å². The molecule has 0 spiro atoms. The van der Waals surface area contributed by atoms with E-state index in [-0.39, 0.29) is 34.0 Å². The summed E-state index contributed by atoms with van der Waals surface area (Å²) in [5.74, 6) is 0. The SMILES string of the molecule is CCCC.Clc1ccc(Nc2cc[nH+]cc2)cc1.Clc1ccc(Nc2cc[nH+]cc2)cc1.[Br-].[Br-]. The molecule has 4 N–H and O–H groups in total. The van der Waals surface area contributed by atoms with Crippen LogP contribution < -0.4 is 54.6 Å². The van der Waals surface area contributed by atoms with Crippen LogP contribution in [0.3, 0.4) is 0 Å². The van der Waals surface area contributed by atoms with Gasteiger partial charge >= 0.3 is 0 Å². The zero-order chi connectivity index (χ0) is 23.0. The maximum atomic E-state index is 5.78. The number of aromatic nitrogens is 2. The van der Waals surface area contributed by atoms with E-state index < -0.39 is 0 Å². The molecule has 0 fully saturated rings. The largest absolute Gasteiger partial charge is 1.00 e. The molecule has 2 heterocycles. The minimum atomic E-state index is 0. The van der Waals surface area contributed by atoms with Gasteiger partial charge in [0.15, 0.2) is 24.8 Å². The summed E-state index contributed by atoms with van der Waals surface area (Å²) in [5.41, 5.74) is 4.15. The van der Waals surface area contributed by atoms with E-state index in [2.05, 4.69) is 34.4 Å². The molecule has 0 aliphatic rings. The highest BCUT2D eigenvalue weighted by Gasteiger charge is 1.95. The van der Waals surface area contributed by atoms with Gasteiger partial charge in [-0.3, -0.25) is 0 Å². The fourth-order valence-corrected chi connectivity index (χ4v) is 2.59. The molecule has 0 bridgehead atoms. The van der Waals surface area contributed by atoms with Gasteiger partial charge in [-0.05, 0) is 48.5 Å². The van der Waals surface area contributed by atoms with Gasteiger partial charge in [0.1, 0.15) is 0 Å². The Bertz CT molecular complexity index is 919. The van der Waals surface area contributed by atoms with Crippen LogP contribution in [0.5, 0.6) is 0 Å². The molecule has 34 heavy (non-hydrogen) atoms. The lowest BCUT2D eigenvalue weighted by Gasteiger charge is -2.03. The molecule has 4 rings (SSSR count). The smallest absolute Gasteiger partial charge is 0.169 e. The Balaban J connectivity index is 0.000000528. The van der Waals surface area contributed by atoms with Crippen molar-refractivity contribution < 1.29 is 43.9 Å². The molecule has 182 valence electrons. The van der Waals surface area contributed by atoms with E-state index in [4.69, 9.17) is 23.2 Å². The van der Waals surface area contributed by atoms with Crippen LogP contribution in [0.2, 0.25) is 10.0 Å². The highest BCUT2D eigenvalue weighted by atomic mass is 79.9. The van der Waals surface area contributed by atoms with Crippen LogP contribution in [0, 0.1) is 0 Å². The minimum absolute atomic E-state index is 0. The quantitative estimate of drug-likeness (QED) is 0.353. The summed E-state index contributed by atoms with van der Waals surface area (Å²) in [4.78, 5) is 5.93. The Morgan fingerprint density at radius 3 is 1.03 bits per heavy atom. The molecule has 0 aliphatic heterocycles. The van der Waals surface area contributed by atoms with Gasteiger partial charge in [-0.25, -0.2) is 9.97 Å². The van der Waals surface area contributed by atoms with E-state index >= 15 is 0 Å². The molecule has 0 aliphatic carbocycles. The van der Waals surface area contributed by atoms with Crippen molar-refractivity contribution in [1.82, 2.24) is 0 Å². The van der Waals surface area contributed by atoms with E-state index in [1.807, 2.05) is 97.6 Å². The van der Waals surface area contributed by atoms with Crippen LogP contribution in [0.15, 0.2) is 97.6 Å². The first-order valence-electron chi connectivity index (χ1n) is 10.6. The second kappa shape index (κ2) is 19.2. The van der Waals surface area contributed by atoms with Crippen LogP contribution in [0.4, 0.5) is 22.7 Å². The standard InChI is InChI=1S/2C11H9ClN2.C4H10.2BrH/c2*12-9-1-3-10(4-2-9)14-11-5-7-13-8-6-11;1-3-4-2;;/h2*1-8H,(H,13,14);3-4H2,1-2H3;2*1H. The Morgan fingerprint density at radius 2 is 0.765 bits per heavy atom. The average molecular weight is 629 g/mol. The van der Waals surface area contributed by atoms with Crippen molar-refractivity contribution in [3.05, 3.63) is 108 Å². The first-order valence-corrected chi connectivity index (χ1v) is 11.3. The van der Waals surface area contributed by atoms with Gasteiger partial charge in [0, 0.05) is 45.7 Å². The third kappa shape index (κ3) is 13.6. The Hall–Kier alpha value is -2.12. The zero-order valence-corrected chi connectivity index (χ0v) is 23.8. The van der Waals surface area contributed by atoms with E-state index in [0.717, 1.165) is 32.8 Å². The monoisotopic (exact) mass is 626 g/mol. The number of halogens is 4. The van der Waals surface area contributed by atoms with Crippen LogP contribution in [0.1, 0.15) is 26.7 Å². The topological polar surface area (TPSA) is 52.3 Å². The molecule has 0 radical (unpaired) electrons. The van der Waals surface area contributed by atoms with Crippen LogP contribution in [-0.4, -0.2) is 0 Å². The number of nitrogens with one attached hydrogen (secondary N) is 4. The average Bonchev–Trinajstić information content (AvgIpc) is 2.84. The third-order valence-electron chi connectivity index (χ3n) is 4.20. The number of hydrogen-bond donors (Lipinski definition) is 2. The second-order valence-corrected chi connectivity index (χ2v) is 7.71. The first kappa shape index (κ1) is 31.9. The third-order valence-corrected chi connectivity index (χ3v) is 4.71. The number of anilines is 4. The second-order valence-electron chi connectivity index (χ2n) is 6.84. The minimum Gasteiger partial charge on any atom is -1.00 e. The molecule has 0 saturated heterocycles. The van der Waals surface area contributed by atoms with Crippen molar-refractivity contribution in [2.75, 3.05) is 10.6 Å². The predicted molar refractivity (Wildman–Crippen MR) is 136 cm³/mol. The van der Waals surface area contributed by atoms with E-state index in [9.17, 15) is 0 Å². The van der Waals surface area contributed by atoms with Crippen molar-refractivity contribution in [3.63, 3.8) is 0 Å². The molecule has 4 nitrogen and oxygen atoms in total. The van der Waals surface area contributed by atoms with Crippen LogP contribution in [-0.2, 0) is 0 Å². The van der Waals surface area contributed by atoms with Gasteiger partial charge in [-0.15, -0.1) is 0 Å². The number of rotatable bonds is 5. The molecule has 0 amide bonds. The van der Waals surface area contributed by atoms with Crippen molar-refractivity contribution in [2.24, 2.45) is 0 Å². The first-order chi connectivity index (χ1) is 15.6. The molecule has 0 unspecified atom stereocenters. The summed E-state index contributed by atoms with van der Waals surface area (Å²) in [6.07, 6.45) is 10.1. The highest BCUT2D eigenvalue weighted by molar-refractivity contribution is 6.30. The molecule has 8 heteroatoms. The normalized spacial score (nSPS) is 8.94. The predicted octanol–water partition coefficient (Wildman–Crippen LogP) is 1.61. The number of benzene rings is 2. The van der Waals surface area contributed by atoms with Gasteiger partial charge in [0.05, 0.1) is 11.4 Å². The van der Waals surface area contributed by atoms with Gasteiger partial charge in [-0.2, -0.15) is 0 Å². The lowest BCUT2D eigenvalue weighted by Crippen LogP contribution is -3.00. The Labute approximate surface area is 233 Å². The Kier molecular flexibility index (Phi) is 18.0. The number of pyridine rings is 2. The van der Waals surface area contributed by atoms with Crippen molar-refractivity contribution in [3.8, 4) is 0 Å². The van der Waals surface area contributed by atoms with Crippen molar-refractivity contribution in [1.29, 1.82) is 0 Å². The maximum Gasteiger partial charge on any atom is 0.169 e. The molecular formula is C26H30Br2Cl2N4. The number of aromatic amines is 2. The molecule has 0 atom stereocenters. The number of hydrogen-bond acceptors (Lipinski definition) is 2. The summed E-state index contributed by atoms with van der Waals surface area (Å²) in [6, 6.07) is 23.1. The summed E-state index contributed by atoms with van der Waals surface area (Å²) >= 11 is 11.6. The number of H-pyrrole nitrogens is 2. The fraction of sp³-hybridized carbons (Fsp3) is 0.154. The molecule has 4 aromatic rings. The zero-order valence-electron chi connectivity index (χ0n) is 19.2. The summed E-state index contributed by atoms with van der Waals surface area (Å²) in [5, 5.41) is 8.00. The maximum absolute atomic E-state index is 5.78. The van der Waals surface area contributed by atoms with Crippen molar-refractivity contribution in [2.45, 2.75) is 26.7 Å². The Morgan fingerprint density at radius 1 is 0.500 bits per heavy atom. The van der Waals surface area contributed by atoms with E-state index in [0.29, 0.717) is 0 Å². The molecular weight excluding hydrogens is 599 g/mol. The number of unbranched alkanes of at least 4 members (excludes halogenated alkanes) is 1. The van der Waals surface area contributed by atoms with E-state index in [1.54, 1.807) is 0 Å².